The molecule has 2 aromatic rings. The van der Waals surface area contributed by atoms with Crippen LogP contribution in [0.15, 0.2) is 36.5 Å². The van der Waals surface area contributed by atoms with Gasteiger partial charge in [-0.15, -0.1) is 0 Å². The van der Waals surface area contributed by atoms with E-state index >= 15 is 0 Å². The van der Waals surface area contributed by atoms with Gasteiger partial charge in [0.2, 0.25) is 5.88 Å². The van der Waals surface area contributed by atoms with E-state index in [1.807, 2.05) is 0 Å². The van der Waals surface area contributed by atoms with Crippen LogP contribution in [-0.4, -0.2) is 18.1 Å². The molecule has 2 N–H and O–H groups in total. The molecular weight excluding hydrogens is 251 g/mol. The second kappa shape index (κ2) is 5.34. The molecule has 0 saturated carbocycles. The molecule has 0 saturated heterocycles. The Labute approximate surface area is 108 Å². The van der Waals surface area contributed by atoms with Gasteiger partial charge in [-0.05, 0) is 24.3 Å². The van der Waals surface area contributed by atoms with E-state index in [1.165, 1.54) is 31.5 Å². The van der Waals surface area contributed by atoms with Crippen LogP contribution in [0.2, 0.25) is 0 Å². The summed E-state index contributed by atoms with van der Waals surface area (Å²) in [5.41, 5.74) is 6.06. The average molecular weight is 262 g/mol. The third-order valence-corrected chi connectivity index (χ3v) is 2.33. The molecule has 1 aromatic carbocycles. The number of halogens is 1. The number of hydrogen-bond acceptors (Lipinski definition) is 5. The van der Waals surface area contributed by atoms with Crippen molar-refractivity contribution >= 4 is 11.7 Å². The smallest absolute Gasteiger partial charge is 0.337 e. The molecule has 19 heavy (non-hydrogen) atoms. The van der Waals surface area contributed by atoms with Crippen LogP contribution < -0.4 is 10.5 Å². The molecule has 0 spiro atoms. The van der Waals surface area contributed by atoms with E-state index in [0.29, 0.717) is 5.69 Å². The van der Waals surface area contributed by atoms with Crippen molar-refractivity contribution in [3.8, 4) is 11.6 Å². The Hall–Kier alpha value is -2.63. The topological polar surface area (TPSA) is 74.4 Å². The highest BCUT2D eigenvalue weighted by atomic mass is 19.1. The summed E-state index contributed by atoms with van der Waals surface area (Å²) in [6.07, 6.45) is 1.40. The fourth-order valence-corrected chi connectivity index (χ4v) is 1.39. The molecule has 0 aliphatic carbocycles. The molecule has 0 bridgehead atoms. The van der Waals surface area contributed by atoms with Crippen LogP contribution in [0.3, 0.4) is 0 Å². The van der Waals surface area contributed by atoms with E-state index in [4.69, 9.17) is 10.5 Å². The van der Waals surface area contributed by atoms with Crippen molar-refractivity contribution in [2.45, 2.75) is 0 Å². The fraction of sp³-hybridized carbons (Fsp3) is 0.0769. The largest absolute Gasteiger partial charge is 0.465 e. The molecule has 0 atom stereocenters. The van der Waals surface area contributed by atoms with Crippen LogP contribution in [-0.2, 0) is 4.74 Å². The minimum Gasteiger partial charge on any atom is -0.465 e. The number of ether oxygens (including phenoxy) is 2. The number of anilines is 1. The zero-order chi connectivity index (χ0) is 13.8. The van der Waals surface area contributed by atoms with E-state index in [-0.39, 0.29) is 17.2 Å². The van der Waals surface area contributed by atoms with Crippen molar-refractivity contribution in [1.29, 1.82) is 0 Å². The number of hydrogen-bond donors (Lipinski definition) is 1. The number of nitrogens with zero attached hydrogens (tertiary/aromatic N) is 1. The van der Waals surface area contributed by atoms with Crippen molar-refractivity contribution in [2.75, 3.05) is 12.8 Å². The van der Waals surface area contributed by atoms with Crippen LogP contribution >= 0.6 is 0 Å². The Morgan fingerprint density at radius 3 is 2.68 bits per heavy atom. The first kappa shape index (κ1) is 12.8. The lowest BCUT2D eigenvalue weighted by Gasteiger charge is -2.07. The van der Waals surface area contributed by atoms with Gasteiger partial charge in [0.25, 0.3) is 0 Å². The number of methoxy groups -OCH3 is 1. The number of esters is 1. The molecule has 0 amide bonds. The van der Waals surface area contributed by atoms with Gasteiger partial charge < -0.3 is 15.2 Å². The molecule has 1 aromatic heterocycles. The number of carbonyl (C=O) groups excluding carboxylic acids is 1. The number of carbonyl (C=O) groups is 1. The summed E-state index contributed by atoms with van der Waals surface area (Å²) in [4.78, 5) is 15.1. The summed E-state index contributed by atoms with van der Waals surface area (Å²) in [6, 6.07) is 6.88. The van der Waals surface area contributed by atoms with Crippen LogP contribution in [0.1, 0.15) is 10.4 Å². The van der Waals surface area contributed by atoms with Gasteiger partial charge in [0.15, 0.2) is 11.6 Å². The molecule has 5 nitrogen and oxygen atoms in total. The Kier molecular flexibility index (Phi) is 3.61. The third-order valence-electron chi connectivity index (χ3n) is 2.33. The number of pyridine rings is 1. The van der Waals surface area contributed by atoms with Crippen molar-refractivity contribution < 1.29 is 18.7 Å². The lowest BCUT2D eigenvalue weighted by atomic mass is 10.2. The molecule has 98 valence electrons. The Morgan fingerprint density at radius 1 is 1.32 bits per heavy atom. The maximum atomic E-state index is 13.7. The van der Waals surface area contributed by atoms with Gasteiger partial charge in [0.1, 0.15) is 0 Å². The van der Waals surface area contributed by atoms with E-state index in [2.05, 4.69) is 9.72 Å². The normalized spacial score (nSPS) is 10.0. The predicted molar refractivity (Wildman–Crippen MR) is 66.5 cm³/mol. The van der Waals surface area contributed by atoms with Crippen molar-refractivity contribution in [2.24, 2.45) is 0 Å². The monoisotopic (exact) mass is 262 g/mol. The Bertz CT molecular complexity index is 599. The van der Waals surface area contributed by atoms with Crippen LogP contribution in [0, 0.1) is 5.82 Å². The number of benzene rings is 1. The summed E-state index contributed by atoms with van der Waals surface area (Å²) in [6.45, 7) is 0. The fourth-order valence-electron chi connectivity index (χ4n) is 1.39. The predicted octanol–water partition coefficient (Wildman–Crippen LogP) is 2.38. The van der Waals surface area contributed by atoms with E-state index in [9.17, 15) is 9.18 Å². The summed E-state index contributed by atoms with van der Waals surface area (Å²) < 4.78 is 23.5. The maximum absolute atomic E-state index is 13.7. The van der Waals surface area contributed by atoms with Crippen molar-refractivity contribution in [3.05, 3.63) is 47.9 Å². The number of aromatic nitrogens is 1. The average Bonchev–Trinajstić information content (AvgIpc) is 2.42. The molecular formula is C13H11FN2O3. The highest BCUT2D eigenvalue weighted by Crippen LogP contribution is 2.24. The third kappa shape index (κ3) is 2.98. The standard InChI is InChI=1S/C13H11FN2O3/c1-18-13(17)8-2-4-11(10(14)6-8)19-12-5-3-9(15)7-16-12/h2-7H,15H2,1H3. The molecule has 0 aliphatic heterocycles. The molecule has 1 heterocycles. The van der Waals surface area contributed by atoms with Crippen LogP contribution in [0.25, 0.3) is 0 Å². The van der Waals surface area contributed by atoms with E-state index in [1.54, 1.807) is 6.07 Å². The quantitative estimate of drug-likeness (QED) is 0.859. The molecule has 2 rings (SSSR count). The lowest BCUT2D eigenvalue weighted by Crippen LogP contribution is -2.02. The Balaban J connectivity index is 2.22. The SMILES string of the molecule is COC(=O)c1ccc(Oc2ccc(N)cn2)c(F)c1. The second-order valence-electron chi connectivity index (χ2n) is 3.67. The number of rotatable bonds is 3. The summed E-state index contributed by atoms with van der Waals surface area (Å²) >= 11 is 0. The molecule has 0 fully saturated rings. The lowest BCUT2D eigenvalue weighted by molar-refractivity contribution is 0.0600. The minimum atomic E-state index is -0.679. The van der Waals surface area contributed by atoms with Gasteiger partial charge in [-0.2, -0.15) is 0 Å². The van der Waals surface area contributed by atoms with Crippen LogP contribution in [0.4, 0.5) is 10.1 Å². The first-order valence-electron chi connectivity index (χ1n) is 5.37. The highest BCUT2D eigenvalue weighted by molar-refractivity contribution is 5.89. The summed E-state index contributed by atoms with van der Waals surface area (Å²) in [7, 11) is 1.23. The second-order valence-corrected chi connectivity index (χ2v) is 3.67. The minimum absolute atomic E-state index is 0.0371. The highest BCUT2D eigenvalue weighted by Gasteiger charge is 2.11. The van der Waals surface area contributed by atoms with Gasteiger partial charge in [0, 0.05) is 6.07 Å². The first-order valence-corrected chi connectivity index (χ1v) is 5.37. The van der Waals surface area contributed by atoms with Gasteiger partial charge in [-0.1, -0.05) is 0 Å². The Morgan fingerprint density at radius 2 is 2.11 bits per heavy atom. The summed E-state index contributed by atoms with van der Waals surface area (Å²) in [5, 5.41) is 0. The zero-order valence-corrected chi connectivity index (χ0v) is 10.1. The van der Waals surface area contributed by atoms with Gasteiger partial charge in [-0.25, -0.2) is 14.2 Å². The number of nitrogens with two attached hydrogens (primary N) is 1. The van der Waals surface area contributed by atoms with Crippen LogP contribution in [0.5, 0.6) is 11.6 Å². The van der Waals surface area contributed by atoms with Crippen molar-refractivity contribution in [1.82, 2.24) is 4.98 Å². The molecule has 6 heteroatoms. The summed E-state index contributed by atoms with van der Waals surface area (Å²) in [5.74, 6) is -1.12. The number of nitrogen functional groups attached to an aromatic ring is 1. The van der Waals surface area contributed by atoms with Gasteiger partial charge in [-0.3, -0.25) is 0 Å². The molecule has 0 aliphatic rings. The van der Waals surface area contributed by atoms with Crippen molar-refractivity contribution in [3.63, 3.8) is 0 Å². The first-order chi connectivity index (χ1) is 9.10. The molecule has 0 unspecified atom stereocenters. The maximum Gasteiger partial charge on any atom is 0.337 e. The zero-order valence-electron chi connectivity index (χ0n) is 10.1. The molecule has 0 radical (unpaired) electrons. The van der Waals surface area contributed by atoms with E-state index in [0.717, 1.165) is 6.07 Å². The van der Waals surface area contributed by atoms with Gasteiger partial charge >= 0.3 is 5.97 Å². The van der Waals surface area contributed by atoms with Gasteiger partial charge in [0.05, 0.1) is 24.6 Å². The van der Waals surface area contributed by atoms with E-state index < -0.39 is 11.8 Å².